The molecule has 1 saturated heterocycles. The Hall–Kier alpha value is -3.00. The Morgan fingerprint density at radius 1 is 0.971 bits per heavy atom. The van der Waals surface area contributed by atoms with Crippen LogP contribution in [0.4, 0.5) is 14.5 Å². The molecule has 5 nitrogen and oxygen atoms in total. The number of β-amino-alcohol motifs (C(OH)–C–C–N with tert-alkyl or cyclic N) is 1. The van der Waals surface area contributed by atoms with Crippen LogP contribution in [-0.4, -0.2) is 54.5 Å². The fourth-order valence-corrected chi connectivity index (χ4v) is 4.50. The lowest BCUT2D eigenvalue weighted by atomic mass is 9.99. The Labute approximate surface area is 198 Å². The molecule has 0 aromatic heterocycles. The molecule has 34 heavy (non-hydrogen) atoms. The zero-order valence-corrected chi connectivity index (χ0v) is 19.2. The van der Waals surface area contributed by atoms with E-state index < -0.39 is 6.10 Å². The first-order valence-corrected chi connectivity index (χ1v) is 11.5. The molecular weight excluding hydrogens is 438 g/mol. The second kappa shape index (κ2) is 11.0. The van der Waals surface area contributed by atoms with Gasteiger partial charge >= 0.3 is 0 Å². The minimum absolute atomic E-state index is 0.0425. The number of benzene rings is 3. The van der Waals surface area contributed by atoms with E-state index in [4.69, 9.17) is 9.84 Å². The number of hydrogen-bond donors (Lipinski definition) is 2. The number of aryl methyl sites for hydroxylation is 1. The third kappa shape index (κ3) is 5.73. The second-order valence-corrected chi connectivity index (χ2v) is 8.61. The molecular formula is C27H30F2N2O3. The van der Waals surface area contributed by atoms with Gasteiger partial charge in [-0.3, -0.25) is 4.90 Å². The standard InChI is InChI=1S/C27H30F2N2O3/c1-19-16-24(34-15-14-32)10-11-25(19)31-13-12-30(17-26(31)20-2-6-22(28)7-3-20)18-27(33)21-4-8-23(29)9-5-21/h2-11,16,26-27,32-33H,12-15,17-18H2,1H3/t26-,27?/m0/s1. The minimum atomic E-state index is -0.731. The molecule has 0 amide bonds. The maximum atomic E-state index is 13.6. The Kier molecular flexibility index (Phi) is 7.77. The molecule has 0 spiro atoms. The van der Waals surface area contributed by atoms with Crippen LogP contribution in [0.15, 0.2) is 66.7 Å². The van der Waals surface area contributed by atoms with Crippen LogP contribution in [0, 0.1) is 18.6 Å². The summed E-state index contributed by atoms with van der Waals surface area (Å²) in [7, 11) is 0. The van der Waals surface area contributed by atoms with Crippen molar-refractivity contribution >= 4 is 5.69 Å². The smallest absolute Gasteiger partial charge is 0.123 e. The van der Waals surface area contributed by atoms with E-state index in [9.17, 15) is 13.9 Å². The second-order valence-electron chi connectivity index (χ2n) is 8.61. The summed E-state index contributed by atoms with van der Waals surface area (Å²) in [5.74, 6) is 0.0926. The third-order valence-electron chi connectivity index (χ3n) is 6.24. The molecule has 0 aliphatic carbocycles. The molecule has 3 aromatic carbocycles. The van der Waals surface area contributed by atoms with Crippen molar-refractivity contribution in [2.24, 2.45) is 0 Å². The van der Waals surface area contributed by atoms with Crippen molar-refractivity contribution in [2.75, 3.05) is 44.3 Å². The van der Waals surface area contributed by atoms with Crippen LogP contribution in [0.1, 0.15) is 28.8 Å². The summed E-state index contributed by atoms with van der Waals surface area (Å²) < 4.78 is 32.4. The van der Waals surface area contributed by atoms with Crippen molar-refractivity contribution in [3.05, 3.63) is 95.1 Å². The molecule has 1 fully saturated rings. The normalized spacial score (nSPS) is 17.6. The van der Waals surface area contributed by atoms with Gasteiger partial charge in [0.1, 0.15) is 24.0 Å². The Morgan fingerprint density at radius 3 is 2.29 bits per heavy atom. The molecule has 0 radical (unpaired) electrons. The summed E-state index contributed by atoms with van der Waals surface area (Å²) in [4.78, 5) is 4.49. The topological polar surface area (TPSA) is 56.2 Å². The van der Waals surface area contributed by atoms with Gasteiger partial charge in [-0.15, -0.1) is 0 Å². The average Bonchev–Trinajstić information content (AvgIpc) is 2.84. The highest BCUT2D eigenvalue weighted by molar-refractivity contribution is 5.58. The van der Waals surface area contributed by atoms with Gasteiger partial charge in [0.25, 0.3) is 0 Å². The summed E-state index contributed by atoms with van der Waals surface area (Å²) >= 11 is 0. The van der Waals surface area contributed by atoms with Crippen molar-refractivity contribution < 1.29 is 23.7 Å². The van der Waals surface area contributed by atoms with E-state index in [0.717, 1.165) is 29.9 Å². The minimum Gasteiger partial charge on any atom is -0.491 e. The fourth-order valence-electron chi connectivity index (χ4n) is 4.50. The number of anilines is 1. The highest BCUT2D eigenvalue weighted by Crippen LogP contribution is 2.35. The molecule has 7 heteroatoms. The van der Waals surface area contributed by atoms with Crippen molar-refractivity contribution in [3.63, 3.8) is 0 Å². The van der Waals surface area contributed by atoms with E-state index in [1.807, 2.05) is 25.1 Å². The van der Waals surface area contributed by atoms with Gasteiger partial charge in [0.2, 0.25) is 0 Å². The Bertz CT molecular complexity index is 1080. The molecule has 180 valence electrons. The predicted molar refractivity (Wildman–Crippen MR) is 128 cm³/mol. The van der Waals surface area contributed by atoms with E-state index in [0.29, 0.717) is 24.4 Å². The van der Waals surface area contributed by atoms with Crippen LogP contribution in [0.25, 0.3) is 0 Å². The molecule has 1 aliphatic rings. The van der Waals surface area contributed by atoms with Crippen LogP contribution in [0.2, 0.25) is 0 Å². The summed E-state index contributed by atoms with van der Waals surface area (Å²) in [5, 5.41) is 19.7. The van der Waals surface area contributed by atoms with Crippen LogP contribution >= 0.6 is 0 Å². The quantitative estimate of drug-likeness (QED) is 0.518. The van der Waals surface area contributed by atoms with Crippen molar-refractivity contribution in [1.82, 2.24) is 4.90 Å². The molecule has 0 bridgehead atoms. The SMILES string of the molecule is Cc1cc(OCCO)ccc1N1CCN(CC(O)c2ccc(F)cc2)C[C@H]1c1ccc(F)cc1. The van der Waals surface area contributed by atoms with Crippen LogP contribution in [0.5, 0.6) is 5.75 Å². The summed E-state index contributed by atoms with van der Waals surface area (Å²) in [6.07, 6.45) is -0.731. The first kappa shape index (κ1) is 24.1. The molecule has 2 atom stereocenters. The number of aliphatic hydroxyl groups excluding tert-OH is 2. The molecule has 0 saturated carbocycles. The number of nitrogens with zero attached hydrogens (tertiary/aromatic N) is 2. The molecule has 1 heterocycles. The summed E-state index contributed by atoms with van der Waals surface area (Å²) in [6, 6.07) is 18.3. The lowest BCUT2D eigenvalue weighted by Crippen LogP contribution is -2.49. The lowest BCUT2D eigenvalue weighted by molar-refractivity contribution is 0.100. The van der Waals surface area contributed by atoms with Gasteiger partial charge in [0.15, 0.2) is 0 Å². The Balaban J connectivity index is 1.55. The fraction of sp³-hybridized carbons (Fsp3) is 0.333. The zero-order chi connectivity index (χ0) is 24.1. The first-order valence-electron chi connectivity index (χ1n) is 11.5. The average molecular weight is 469 g/mol. The highest BCUT2D eigenvalue weighted by atomic mass is 19.1. The van der Waals surface area contributed by atoms with Crippen molar-refractivity contribution in [2.45, 2.75) is 19.1 Å². The monoisotopic (exact) mass is 468 g/mol. The number of ether oxygens (including phenoxy) is 1. The number of aliphatic hydroxyl groups is 2. The van der Waals surface area contributed by atoms with E-state index in [1.165, 1.54) is 24.3 Å². The number of piperazine rings is 1. The molecule has 4 rings (SSSR count). The van der Waals surface area contributed by atoms with Crippen molar-refractivity contribution in [3.8, 4) is 5.75 Å². The molecule has 1 aliphatic heterocycles. The van der Waals surface area contributed by atoms with Crippen LogP contribution in [0.3, 0.4) is 0 Å². The summed E-state index contributed by atoms with van der Waals surface area (Å²) in [6.45, 7) is 4.74. The number of hydrogen-bond acceptors (Lipinski definition) is 5. The van der Waals surface area contributed by atoms with Gasteiger partial charge < -0.3 is 19.8 Å². The van der Waals surface area contributed by atoms with E-state index >= 15 is 0 Å². The van der Waals surface area contributed by atoms with Gasteiger partial charge in [-0.25, -0.2) is 8.78 Å². The van der Waals surface area contributed by atoms with Crippen LogP contribution < -0.4 is 9.64 Å². The maximum absolute atomic E-state index is 13.6. The van der Waals surface area contributed by atoms with Gasteiger partial charge in [0, 0.05) is 31.9 Å². The lowest BCUT2D eigenvalue weighted by Gasteiger charge is -2.44. The molecule has 3 aromatic rings. The van der Waals surface area contributed by atoms with Gasteiger partial charge in [0.05, 0.1) is 18.8 Å². The maximum Gasteiger partial charge on any atom is 0.123 e. The highest BCUT2D eigenvalue weighted by Gasteiger charge is 2.30. The van der Waals surface area contributed by atoms with Crippen molar-refractivity contribution in [1.29, 1.82) is 0 Å². The van der Waals surface area contributed by atoms with E-state index in [1.54, 1.807) is 24.3 Å². The predicted octanol–water partition coefficient (Wildman–Crippen LogP) is 4.24. The number of halogens is 2. The molecule has 1 unspecified atom stereocenters. The van der Waals surface area contributed by atoms with E-state index in [-0.39, 0.29) is 30.9 Å². The third-order valence-corrected chi connectivity index (χ3v) is 6.24. The zero-order valence-electron chi connectivity index (χ0n) is 19.2. The molecule has 2 N–H and O–H groups in total. The largest absolute Gasteiger partial charge is 0.491 e. The van der Waals surface area contributed by atoms with Crippen LogP contribution in [-0.2, 0) is 0 Å². The first-order chi connectivity index (χ1) is 16.4. The van der Waals surface area contributed by atoms with Gasteiger partial charge in [-0.2, -0.15) is 0 Å². The van der Waals surface area contributed by atoms with Gasteiger partial charge in [-0.1, -0.05) is 24.3 Å². The summed E-state index contributed by atoms with van der Waals surface area (Å²) in [5.41, 5.74) is 3.77. The Morgan fingerprint density at radius 2 is 1.65 bits per heavy atom. The van der Waals surface area contributed by atoms with Gasteiger partial charge in [-0.05, 0) is 66.1 Å². The van der Waals surface area contributed by atoms with E-state index in [2.05, 4.69) is 9.80 Å². The number of rotatable bonds is 8.